The normalized spacial score (nSPS) is 13.3. The number of hydrogen-bond acceptors (Lipinski definition) is 3. The second kappa shape index (κ2) is 6.70. The van der Waals surface area contributed by atoms with Crippen molar-refractivity contribution < 1.29 is 19.0 Å². The van der Waals surface area contributed by atoms with Crippen LogP contribution in [-0.2, 0) is 9.53 Å². The molecule has 0 aliphatic carbocycles. The molecule has 1 atom stereocenters. The van der Waals surface area contributed by atoms with Crippen LogP contribution in [0.4, 0.5) is 4.39 Å². The van der Waals surface area contributed by atoms with Crippen LogP contribution in [0.2, 0.25) is 0 Å². The van der Waals surface area contributed by atoms with Crippen molar-refractivity contribution in [1.29, 1.82) is 0 Å². The van der Waals surface area contributed by atoms with Crippen LogP contribution in [0.3, 0.4) is 0 Å². The first-order valence-corrected chi connectivity index (χ1v) is 6.14. The van der Waals surface area contributed by atoms with E-state index < -0.39 is 12.1 Å². The van der Waals surface area contributed by atoms with Gasteiger partial charge in [0.25, 0.3) is 0 Å². The lowest BCUT2D eigenvalue weighted by atomic mass is 10.0. The molecule has 17 heavy (non-hydrogen) atoms. The van der Waals surface area contributed by atoms with Crippen LogP contribution < -0.4 is 0 Å². The van der Waals surface area contributed by atoms with Crippen LogP contribution in [0, 0.1) is 5.82 Å². The summed E-state index contributed by atoms with van der Waals surface area (Å²) < 4.78 is 18.8. The number of aliphatic hydroxyl groups is 1. The largest absolute Gasteiger partial charge is 0.466 e. The van der Waals surface area contributed by atoms with E-state index in [1.54, 1.807) is 4.08 Å². The summed E-state index contributed by atoms with van der Waals surface area (Å²) in [6.07, 6.45) is -0.711. The van der Waals surface area contributed by atoms with Crippen LogP contribution in [0.15, 0.2) is 33.9 Å². The number of methoxy groups -OCH3 is 1. The number of carbonyl (C=O) groups excluding carboxylic acids is 1. The van der Waals surface area contributed by atoms with Crippen LogP contribution in [0.5, 0.6) is 0 Å². The molecule has 92 valence electrons. The molecule has 0 amide bonds. The number of aliphatic hydroxyl groups excluding tert-OH is 1. The topological polar surface area (TPSA) is 46.5 Å². The third kappa shape index (κ3) is 4.08. The van der Waals surface area contributed by atoms with Gasteiger partial charge in [-0.2, -0.15) is 0 Å². The summed E-state index contributed by atoms with van der Waals surface area (Å²) >= 11 is 1.91. The minimum atomic E-state index is -0.851. The quantitative estimate of drug-likeness (QED) is 0.516. The maximum atomic E-state index is 12.7. The van der Waals surface area contributed by atoms with E-state index in [2.05, 4.69) is 4.74 Å². The molecular formula is C12H12FIO3. The van der Waals surface area contributed by atoms with Gasteiger partial charge in [0.2, 0.25) is 0 Å². The van der Waals surface area contributed by atoms with Gasteiger partial charge in [-0.1, -0.05) is 34.7 Å². The second-order valence-electron chi connectivity index (χ2n) is 3.40. The van der Waals surface area contributed by atoms with Crippen LogP contribution in [-0.4, -0.2) is 18.2 Å². The molecule has 0 spiro atoms. The maximum Gasteiger partial charge on any atom is 0.334 e. The Kier molecular flexibility index (Phi) is 5.57. The Morgan fingerprint density at radius 3 is 2.59 bits per heavy atom. The van der Waals surface area contributed by atoms with Crippen molar-refractivity contribution in [2.24, 2.45) is 0 Å². The molecule has 0 aromatic heterocycles. The average Bonchev–Trinajstić information content (AvgIpc) is 2.35. The summed E-state index contributed by atoms with van der Waals surface area (Å²) in [6, 6.07) is 5.51. The first-order chi connectivity index (χ1) is 8.08. The fourth-order valence-corrected chi connectivity index (χ4v) is 1.82. The molecule has 0 aliphatic rings. The molecule has 1 rings (SSSR count). The van der Waals surface area contributed by atoms with Gasteiger partial charge in [0.15, 0.2) is 0 Å². The fraction of sp³-hybridized carbons (Fsp3) is 0.250. The molecule has 1 aromatic rings. The van der Waals surface area contributed by atoms with Crippen molar-refractivity contribution in [3.05, 3.63) is 45.3 Å². The molecule has 0 saturated carbocycles. The highest BCUT2D eigenvalue weighted by molar-refractivity contribution is 14.1. The van der Waals surface area contributed by atoms with Crippen molar-refractivity contribution in [3.63, 3.8) is 0 Å². The molecule has 3 nitrogen and oxygen atoms in total. The van der Waals surface area contributed by atoms with Gasteiger partial charge in [0.1, 0.15) is 5.82 Å². The number of rotatable bonds is 4. The summed E-state index contributed by atoms with van der Waals surface area (Å²) in [5.74, 6) is -0.834. The van der Waals surface area contributed by atoms with E-state index in [1.165, 1.54) is 31.4 Å². The highest BCUT2D eigenvalue weighted by Crippen LogP contribution is 2.22. The molecule has 0 aliphatic heterocycles. The zero-order valence-corrected chi connectivity index (χ0v) is 11.3. The SMILES string of the molecule is COC(=O)/C(=C\I)CC(O)c1ccc(F)cc1. The van der Waals surface area contributed by atoms with Crippen molar-refractivity contribution in [2.75, 3.05) is 7.11 Å². The smallest absolute Gasteiger partial charge is 0.334 e. The monoisotopic (exact) mass is 350 g/mol. The maximum absolute atomic E-state index is 12.7. The van der Waals surface area contributed by atoms with E-state index in [-0.39, 0.29) is 12.2 Å². The Labute approximate surface area is 112 Å². The van der Waals surface area contributed by atoms with Gasteiger partial charge in [0, 0.05) is 12.0 Å². The van der Waals surface area contributed by atoms with E-state index >= 15 is 0 Å². The first kappa shape index (κ1) is 14.1. The Morgan fingerprint density at radius 1 is 1.53 bits per heavy atom. The third-order valence-electron chi connectivity index (χ3n) is 2.25. The lowest BCUT2D eigenvalue weighted by molar-refractivity contribution is -0.136. The lowest BCUT2D eigenvalue weighted by Gasteiger charge is -2.12. The van der Waals surface area contributed by atoms with Crippen molar-refractivity contribution in [1.82, 2.24) is 0 Å². The summed E-state index contributed by atoms with van der Waals surface area (Å²) in [7, 11) is 1.28. The molecule has 0 fully saturated rings. The molecule has 0 saturated heterocycles. The van der Waals surface area contributed by atoms with Crippen molar-refractivity contribution in [3.8, 4) is 0 Å². The first-order valence-electron chi connectivity index (χ1n) is 4.89. The standard InChI is InChI=1S/C12H12FIO3/c1-17-12(16)9(7-14)6-11(15)8-2-4-10(13)5-3-8/h2-5,7,11,15H,6H2,1H3/b9-7-. The average molecular weight is 350 g/mol. The molecule has 0 heterocycles. The van der Waals surface area contributed by atoms with Gasteiger partial charge in [-0.05, 0) is 21.8 Å². The van der Waals surface area contributed by atoms with Gasteiger partial charge in [-0.15, -0.1) is 0 Å². The molecule has 5 heteroatoms. The zero-order valence-electron chi connectivity index (χ0n) is 9.19. The second-order valence-corrected chi connectivity index (χ2v) is 4.02. The van der Waals surface area contributed by atoms with E-state index in [0.29, 0.717) is 11.1 Å². The van der Waals surface area contributed by atoms with Crippen molar-refractivity contribution in [2.45, 2.75) is 12.5 Å². The van der Waals surface area contributed by atoms with Gasteiger partial charge < -0.3 is 9.84 Å². The van der Waals surface area contributed by atoms with Crippen LogP contribution in [0.1, 0.15) is 18.1 Å². The summed E-state index contributed by atoms with van der Waals surface area (Å²) in [4.78, 5) is 11.3. The number of hydrogen-bond donors (Lipinski definition) is 1. The van der Waals surface area contributed by atoms with E-state index in [4.69, 9.17) is 0 Å². The zero-order chi connectivity index (χ0) is 12.8. The van der Waals surface area contributed by atoms with E-state index in [1.807, 2.05) is 22.6 Å². The summed E-state index contributed by atoms with van der Waals surface area (Å²) in [5.41, 5.74) is 0.941. The summed E-state index contributed by atoms with van der Waals surface area (Å²) in [5, 5.41) is 9.88. The number of esters is 1. The number of ether oxygens (including phenoxy) is 1. The van der Waals surface area contributed by atoms with Gasteiger partial charge in [-0.25, -0.2) is 9.18 Å². The number of benzene rings is 1. The highest BCUT2D eigenvalue weighted by Gasteiger charge is 2.16. The Hall–Kier alpha value is -0.950. The third-order valence-corrected chi connectivity index (χ3v) is 3.00. The number of carbonyl (C=O) groups is 1. The molecular weight excluding hydrogens is 338 g/mol. The summed E-state index contributed by atoms with van der Waals surface area (Å²) in [6.45, 7) is 0. The van der Waals surface area contributed by atoms with Crippen LogP contribution >= 0.6 is 22.6 Å². The molecule has 0 bridgehead atoms. The van der Waals surface area contributed by atoms with E-state index in [9.17, 15) is 14.3 Å². The fourth-order valence-electron chi connectivity index (χ4n) is 1.31. The van der Waals surface area contributed by atoms with Crippen LogP contribution in [0.25, 0.3) is 0 Å². The van der Waals surface area contributed by atoms with Gasteiger partial charge in [0.05, 0.1) is 13.2 Å². The van der Waals surface area contributed by atoms with Gasteiger partial charge in [-0.3, -0.25) is 0 Å². The lowest BCUT2D eigenvalue weighted by Crippen LogP contribution is -2.08. The minimum Gasteiger partial charge on any atom is -0.466 e. The molecule has 1 N–H and O–H groups in total. The predicted molar refractivity (Wildman–Crippen MR) is 70.1 cm³/mol. The molecule has 1 unspecified atom stereocenters. The number of halogens is 2. The predicted octanol–water partition coefficient (Wildman–Crippen LogP) is 2.74. The highest BCUT2D eigenvalue weighted by atomic mass is 127. The molecule has 0 radical (unpaired) electrons. The Morgan fingerprint density at radius 2 is 2.12 bits per heavy atom. The van der Waals surface area contributed by atoms with E-state index in [0.717, 1.165) is 0 Å². The Bertz CT molecular complexity index is 414. The Balaban J connectivity index is 2.74. The minimum absolute atomic E-state index is 0.140. The molecule has 1 aromatic carbocycles. The van der Waals surface area contributed by atoms with Crippen molar-refractivity contribution >= 4 is 28.6 Å². The van der Waals surface area contributed by atoms with Gasteiger partial charge >= 0.3 is 5.97 Å².